The zero-order valence-corrected chi connectivity index (χ0v) is 11.5. The fraction of sp³-hybridized carbons (Fsp3) is 0.500. The van der Waals surface area contributed by atoms with Gasteiger partial charge in [-0.15, -0.1) is 0 Å². The number of nitrogens with two attached hydrogens (primary N) is 1. The number of piperidine rings is 1. The number of hydrogen-bond donors (Lipinski definition) is 1. The number of benzene rings is 1. The van der Waals surface area contributed by atoms with E-state index in [4.69, 9.17) is 18.0 Å². The molecule has 0 amide bonds. The normalized spacial score (nSPS) is 19.7. The molecule has 1 fully saturated rings. The standard InChI is InChI=1S/C14H19FN2S/c1-14(13(16)18)6-8-17(9-7-14)10-11-2-4-12(15)5-3-11/h2-5H,6-10H2,1H3,(H2,16,18). The Morgan fingerprint density at radius 1 is 1.33 bits per heavy atom. The van der Waals surface area contributed by atoms with Gasteiger partial charge in [0.2, 0.25) is 0 Å². The van der Waals surface area contributed by atoms with E-state index >= 15 is 0 Å². The van der Waals surface area contributed by atoms with Gasteiger partial charge in [0, 0.05) is 12.0 Å². The summed E-state index contributed by atoms with van der Waals surface area (Å²) in [4.78, 5) is 3.00. The average Bonchev–Trinajstić information content (AvgIpc) is 2.35. The van der Waals surface area contributed by atoms with E-state index in [0.29, 0.717) is 4.99 Å². The summed E-state index contributed by atoms with van der Waals surface area (Å²) >= 11 is 5.13. The maximum atomic E-state index is 12.8. The van der Waals surface area contributed by atoms with Gasteiger partial charge in [-0.25, -0.2) is 4.39 Å². The van der Waals surface area contributed by atoms with Gasteiger partial charge in [0.15, 0.2) is 0 Å². The van der Waals surface area contributed by atoms with Crippen LogP contribution in [-0.4, -0.2) is 23.0 Å². The van der Waals surface area contributed by atoms with Gasteiger partial charge in [-0.05, 0) is 43.6 Å². The van der Waals surface area contributed by atoms with Gasteiger partial charge in [-0.3, -0.25) is 4.90 Å². The van der Waals surface area contributed by atoms with Crippen molar-refractivity contribution < 1.29 is 4.39 Å². The molecule has 18 heavy (non-hydrogen) atoms. The lowest BCUT2D eigenvalue weighted by Crippen LogP contribution is -2.44. The van der Waals surface area contributed by atoms with E-state index in [1.54, 1.807) is 0 Å². The fourth-order valence-corrected chi connectivity index (χ4v) is 2.50. The lowest BCUT2D eigenvalue weighted by atomic mass is 9.80. The first-order valence-corrected chi connectivity index (χ1v) is 6.67. The van der Waals surface area contributed by atoms with Crippen LogP contribution >= 0.6 is 12.2 Å². The van der Waals surface area contributed by atoms with Crippen molar-refractivity contribution in [1.29, 1.82) is 0 Å². The Hall–Kier alpha value is -1.00. The molecule has 2 nitrogen and oxygen atoms in total. The van der Waals surface area contributed by atoms with Crippen molar-refractivity contribution >= 4 is 17.2 Å². The Bertz CT molecular complexity index is 422. The minimum absolute atomic E-state index is 0.00856. The summed E-state index contributed by atoms with van der Waals surface area (Å²) in [6.07, 6.45) is 2.01. The Morgan fingerprint density at radius 2 is 1.89 bits per heavy atom. The number of rotatable bonds is 3. The molecule has 2 rings (SSSR count). The minimum atomic E-state index is -0.182. The Balaban J connectivity index is 1.91. The number of nitrogens with zero attached hydrogens (tertiary/aromatic N) is 1. The van der Waals surface area contributed by atoms with Crippen LogP contribution in [0.1, 0.15) is 25.3 Å². The van der Waals surface area contributed by atoms with Crippen molar-refractivity contribution in [3.63, 3.8) is 0 Å². The highest BCUT2D eigenvalue weighted by Crippen LogP contribution is 2.31. The molecule has 0 aliphatic carbocycles. The third kappa shape index (κ3) is 3.06. The number of thiocarbonyl (C=S) groups is 1. The van der Waals surface area contributed by atoms with Crippen LogP contribution in [0.15, 0.2) is 24.3 Å². The van der Waals surface area contributed by atoms with Crippen LogP contribution in [0.2, 0.25) is 0 Å². The summed E-state index contributed by atoms with van der Waals surface area (Å²) in [5.74, 6) is -0.182. The van der Waals surface area contributed by atoms with Gasteiger partial charge >= 0.3 is 0 Å². The highest BCUT2D eigenvalue weighted by atomic mass is 32.1. The number of likely N-dealkylation sites (tertiary alicyclic amines) is 1. The predicted molar refractivity (Wildman–Crippen MR) is 75.8 cm³/mol. The van der Waals surface area contributed by atoms with Crippen LogP contribution in [-0.2, 0) is 6.54 Å². The predicted octanol–water partition coefficient (Wildman–Crippen LogP) is 2.71. The van der Waals surface area contributed by atoms with E-state index in [2.05, 4.69) is 11.8 Å². The van der Waals surface area contributed by atoms with Crippen molar-refractivity contribution in [2.24, 2.45) is 11.1 Å². The maximum absolute atomic E-state index is 12.8. The largest absolute Gasteiger partial charge is 0.393 e. The van der Waals surface area contributed by atoms with Crippen LogP contribution in [0.3, 0.4) is 0 Å². The molecule has 0 atom stereocenters. The second-order valence-electron chi connectivity index (χ2n) is 5.33. The van der Waals surface area contributed by atoms with E-state index in [0.717, 1.165) is 38.0 Å². The smallest absolute Gasteiger partial charge is 0.123 e. The van der Waals surface area contributed by atoms with E-state index in [1.165, 1.54) is 12.1 Å². The molecule has 1 aliphatic heterocycles. The first-order valence-electron chi connectivity index (χ1n) is 6.26. The lowest BCUT2D eigenvalue weighted by Gasteiger charge is -2.38. The molecule has 0 radical (unpaired) electrons. The van der Waals surface area contributed by atoms with E-state index in [9.17, 15) is 4.39 Å². The van der Waals surface area contributed by atoms with Gasteiger partial charge in [0.25, 0.3) is 0 Å². The number of hydrogen-bond acceptors (Lipinski definition) is 2. The molecule has 1 saturated heterocycles. The molecule has 2 N–H and O–H groups in total. The van der Waals surface area contributed by atoms with Crippen molar-refractivity contribution in [2.75, 3.05) is 13.1 Å². The van der Waals surface area contributed by atoms with Gasteiger partial charge < -0.3 is 5.73 Å². The van der Waals surface area contributed by atoms with Crippen molar-refractivity contribution in [2.45, 2.75) is 26.3 Å². The Labute approximate surface area is 113 Å². The van der Waals surface area contributed by atoms with Crippen molar-refractivity contribution in [1.82, 2.24) is 4.90 Å². The third-order valence-corrected chi connectivity index (χ3v) is 4.37. The zero-order valence-electron chi connectivity index (χ0n) is 10.7. The maximum Gasteiger partial charge on any atom is 0.123 e. The first-order chi connectivity index (χ1) is 8.49. The van der Waals surface area contributed by atoms with Gasteiger partial charge in [-0.2, -0.15) is 0 Å². The Kier molecular flexibility index (Phi) is 3.97. The van der Waals surface area contributed by atoms with Crippen LogP contribution in [0.5, 0.6) is 0 Å². The molecular formula is C14H19FN2S. The van der Waals surface area contributed by atoms with Crippen LogP contribution in [0, 0.1) is 11.2 Å². The zero-order chi connectivity index (χ0) is 13.2. The summed E-state index contributed by atoms with van der Waals surface area (Å²) in [5, 5.41) is 0. The highest BCUT2D eigenvalue weighted by molar-refractivity contribution is 7.80. The third-order valence-electron chi connectivity index (χ3n) is 3.87. The molecule has 1 aliphatic rings. The Morgan fingerprint density at radius 3 is 2.39 bits per heavy atom. The van der Waals surface area contributed by atoms with Gasteiger partial charge in [0.1, 0.15) is 5.82 Å². The monoisotopic (exact) mass is 266 g/mol. The van der Waals surface area contributed by atoms with Crippen molar-refractivity contribution in [3.05, 3.63) is 35.6 Å². The summed E-state index contributed by atoms with van der Waals surface area (Å²) in [5.41, 5.74) is 6.94. The summed E-state index contributed by atoms with van der Waals surface area (Å²) < 4.78 is 12.8. The summed E-state index contributed by atoms with van der Waals surface area (Å²) in [6.45, 7) is 4.99. The molecular weight excluding hydrogens is 247 g/mol. The molecule has 1 heterocycles. The topological polar surface area (TPSA) is 29.3 Å². The van der Waals surface area contributed by atoms with Crippen LogP contribution in [0.25, 0.3) is 0 Å². The van der Waals surface area contributed by atoms with Crippen LogP contribution in [0.4, 0.5) is 4.39 Å². The lowest BCUT2D eigenvalue weighted by molar-refractivity contribution is 0.158. The molecule has 0 aromatic heterocycles. The molecule has 98 valence electrons. The molecule has 1 aromatic carbocycles. The molecule has 0 saturated carbocycles. The summed E-state index contributed by atoms with van der Waals surface area (Å²) in [6, 6.07) is 6.71. The second kappa shape index (κ2) is 5.33. The van der Waals surface area contributed by atoms with Crippen molar-refractivity contribution in [3.8, 4) is 0 Å². The molecule has 0 unspecified atom stereocenters. The first kappa shape index (κ1) is 13.4. The second-order valence-corrected chi connectivity index (χ2v) is 5.77. The average molecular weight is 266 g/mol. The SMILES string of the molecule is CC1(C(N)=S)CCN(Cc2ccc(F)cc2)CC1. The number of halogens is 1. The molecule has 0 spiro atoms. The molecule has 1 aromatic rings. The van der Waals surface area contributed by atoms with Gasteiger partial charge in [0.05, 0.1) is 4.99 Å². The highest BCUT2D eigenvalue weighted by Gasteiger charge is 2.32. The van der Waals surface area contributed by atoms with Gasteiger partial charge in [-0.1, -0.05) is 31.3 Å². The van der Waals surface area contributed by atoms with Crippen LogP contribution < -0.4 is 5.73 Å². The summed E-state index contributed by atoms with van der Waals surface area (Å²) in [7, 11) is 0. The molecule has 4 heteroatoms. The quantitative estimate of drug-likeness (QED) is 0.853. The van der Waals surface area contributed by atoms with E-state index in [-0.39, 0.29) is 11.2 Å². The minimum Gasteiger partial charge on any atom is -0.393 e. The van der Waals surface area contributed by atoms with E-state index in [1.807, 2.05) is 12.1 Å². The molecule has 0 bridgehead atoms. The van der Waals surface area contributed by atoms with E-state index < -0.39 is 0 Å². The fourth-order valence-electron chi connectivity index (χ4n) is 2.30.